The van der Waals surface area contributed by atoms with E-state index in [4.69, 9.17) is 9.47 Å². The highest BCUT2D eigenvalue weighted by Gasteiger charge is 2.21. The normalized spacial score (nSPS) is 11.5. The van der Waals surface area contributed by atoms with Crippen LogP contribution in [0.1, 0.15) is 36.6 Å². The number of para-hydroxylation sites is 1. The summed E-state index contributed by atoms with van der Waals surface area (Å²) in [6, 6.07) is 13.5. The maximum absolute atomic E-state index is 14.9. The Bertz CT molecular complexity index is 964. The van der Waals surface area contributed by atoms with Gasteiger partial charge in [0.25, 0.3) is 0 Å². The van der Waals surface area contributed by atoms with Crippen LogP contribution in [0.4, 0.5) is 4.39 Å². The molecule has 0 fully saturated rings. The first kappa shape index (κ1) is 17.9. The Hall–Kier alpha value is -2.88. The molecule has 4 heteroatoms. The van der Waals surface area contributed by atoms with Gasteiger partial charge in [-0.15, -0.1) is 0 Å². The number of hydrogen-bond donors (Lipinski definition) is 0. The van der Waals surface area contributed by atoms with E-state index in [2.05, 4.69) is 4.98 Å². The van der Waals surface area contributed by atoms with Crippen LogP contribution in [0, 0.1) is 5.82 Å². The predicted molar refractivity (Wildman–Crippen MR) is 104 cm³/mol. The third-order valence-corrected chi connectivity index (χ3v) is 4.30. The Morgan fingerprint density at radius 3 is 2.46 bits per heavy atom. The van der Waals surface area contributed by atoms with Crippen molar-refractivity contribution < 1.29 is 13.9 Å². The van der Waals surface area contributed by atoms with Gasteiger partial charge in [0.1, 0.15) is 5.75 Å². The fourth-order valence-electron chi connectivity index (χ4n) is 3.03. The van der Waals surface area contributed by atoms with E-state index < -0.39 is 5.82 Å². The number of fused-ring (bicyclic) bond motifs is 1. The van der Waals surface area contributed by atoms with Gasteiger partial charge in [-0.2, -0.15) is 0 Å². The molecule has 134 valence electrons. The molecule has 0 aliphatic heterocycles. The van der Waals surface area contributed by atoms with Crippen molar-refractivity contribution in [3.8, 4) is 11.5 Å². The van der Waals surface area contributed by atoms with E-state index in [0.29, 0.717) is 11.3 Å². The first-order valence-corrected chi connectivity index (χ1v) is 8.53. The fourth-order valence-corrected chi connectivity index (χ4v) is 3.03. The Labute approximate surface area is 153 Å². The second kappa shape index (κ2) is 7.56. The predicted octanol–water partition coefficient (Wildman–Crippen LogP) is 5.68. The average molecular weight is 351 g/mol. The van der Waals surface area contributed by atoms with Gasteiger partial charge in [0.05, 0.1) is 25.4 Å². The van der Waals surface area contributed by atoms with Gasteiger partial charge >= 0.3 is 0 Å². The molecule has 1 aromatic heterocycles. The van der Waals surface area contributed by atoms with Crippen molar-refractivity contribution >= 4 is 23.1 Å². The monoisotopic (exact) mass is 351 g/mol. The molecule has 2 aromatic carbocycles. The minimum absolute atomic E-state index is 0.0783. The zero-order valence-electron chi connectivity index (χ0n) is 15.4. The number of halogens is 1. The minimum Gasteiger partial charge on any atom is -0.496 e. The first-order chi connectivity index (χ1) is 12.5. The summed E-state index contributed by atoms with van der Waals surface area (Å²) >= 11 is 0. The number of pyridine rings is 1. The lowest BCUT2D eigenvalue weighted by atomic mass is 9.97. The lowest BCUT2D eigenvalue weighted by molar-refractivity contribution is 0.362. The molecular weight excluding hydrogens is 329 g/mol. The summed E-state index contributed by atoms with van der Waals surface area (Å²) in [5, 5.41) is 1.07. The molecular formula is C22H22FNO2. The summed E-state index contributed by atoms with van der Waals surface area (Å²) in [4.78, 5) is 4.58. The smallest absolute Gasteiger partial charge is 0.172 e. The van der Waals surface area contributed by atoms with E-state index in [1.807, 2.05) is 50.2 Å². The highest BCUT2D eigenvalue weighted by molar-refractivity contribution is 5.81. The maximum atomic E-state index is 14.9. The first-order valence-electron chi connectivity index (χ1n) is 8.53. The number of aromatic nitrogens is 1. The molecule has 0 atom stereocenters. The average Bonchev–Trinajstić information content (AvgIpc) is 2.66. The van der Waals surface area contributed by atoms with Crippen molar-refractivity contribution in [2.75, 3.05) is 14.2 Å². The van der Waals surface area contributed by atoms with E-state index in [-0.39, 0.29) is 11.7 Å². The van der Waals surface area contributed by atoms with Crippen LogP contribution in [0.25, 0.3) is 23.1 Å². The second-order valence-corrected chi connectivity index (χ2v) is 6.35. The number of methoxy groups -OCH3 is 2. The number of hydrogen-bond acceptors (Lipinski definition) is 3. The van der Waals surface area contributed by atoms with Crippen molar-refractivity contribution in [2.45, 2.75) is 19.8 Å². The van der Waals surface area contributed by atoms with Gasteiger partial charge in [0.15, 0.2) is 11.6 Å². The van der Waals surface area contributed by atoms with E-state index in [1.54, 1.807) is 25.3 Å². The zero-order chi connectivity index (χ0) is 18.7. The number of benzene rings is 2. The second-order valence-electron chi connectivity index (χ2n) is 6.35. The van der Waals surface area contributed by atoms with Gasteiger partial charge in [-0.25, -0.2) is 9.37 Å². The summed E-state index contributed by atoms with van der Waals surface area (Å²) in [7, 11) is 3.05. The molecule has 3 rings (SSSR count). The third-order valence-electron chi connectivity index (χ3n) is 4.30. The van der Waals surface area contributed by atoms with Gasteiger partial charge in [-0.3, -0.25) is 0 Å². The standard InChI is InChI=1S/C22H22FNO2/c1-14(2)20-19(25-3)13-16(21(23)22(20)26-4)10-12-17-11-9-15-7-5-6-8-18(15)24-17/h5-14H,1-4H3. The molecule has 0 aliphatic rings. The molecule has 0 radical (unpaired) electrons. The van der Waals surface area contributed by atoms with Crippen molar-refractivity contribution in [3.63, 3.8) is 0 Å². The van der Waals surface area contributed by atoms with E-state index >= 15 is 0 Å². The molecule has 3 aromatic rings. The molecule has 0 saturated heterocycles. The molecule has 1 heterocycles. The molecule has 26 heavy (non-hydrogen) atoms. The Morgan fingerprint density at radius 1 is 1.00 bits per heavy atom. The number of ether oxygens (including phenoxy) is 2. The van der Waals surface area contributed by atoms with E-state index in [0.717, 1.165) is 22.2 Å². The van der Waals surface area contributed by atoms with E-state index in [1.165, 1.54) is 7.11 Å². The summed E-state index contributed by atoms with van der Waals surface area (Å²) in [6.07, 6.45) is 3.49. The lowest BCUT2D eigenvalue weighted by Gasteiger charge is -2.18. The Morgan fingerprint density at radius 2 is 1.77 bits per heavy atom. The molecule has 0 aliphatic carbocycles. The molecule has 0 spiro atoms. The maximum Gasteiger partial charge on any atom is 0.172 e. The number of nitrogens with zero attached hydrogens (tertiary/aromatic N) is 1. The summed E-state index contributed by atoms with van der Waals surface area (Å²) in [5.74, 6) is 0.526. The van der Waals surface area contributed by atoms with Gasteiger partial charge in [-0.05, 0) is 36.3 Å². The Kier molecular flexibility index (Phi) is 5.21. The molecule has 0 unspecified atom stereocenters. The number of rotatable bonds is 5. The molecule has 3 nitrogen and oxygen atoms in total. The van der Waals surface area contributed by atoms with Crippen LogP contribution in [0.3, 0.4) is 0 Å². The van der Waals surface area contributed by atoms with E-state index in [9.17, 15) is 4.39 Å². The van der Waals surface area contributed by atoms with Crippen LogP contribution < -0.4 is 9.47 Å². The molecule has 0 amide bonds. The van der Waals surface area contributed by atoms with Crippen molar-refractivity contribution in [2.24, 2.45) is 0 Å². The van der Waals surface area contributed by atoms with Crippen LogP contribution >= 0.6 is 0 Å². The highest BCUT2D eigenvalue weighted by Crippen LogP contribution is 2.39. The Balaban J connectivity index is 2.04. The van der Waals surface area contributed by atoms with Crippen LogP contribution in [-0.2, 0) is 0 Å². The quantitative estimate of drug-likeness (QED) is 0.592. The zero-order valence-corrected chi connectivity index (χ0v) is 15.4. The molecule has 0 saturated carbocycles. The van der Waals surface area contributed by atoms with Crippen molar-refractivity contribution in [1.29, 1.82) is 0 Å². The summed E-state index contributed by atoms with van der Waals surface area (Å²) in [5.41, 5.74) is 2.79. The van der Waals surface area contributed by atoms with Gasteiger partial charge in [-0.1, -0.05) is 38.1 Å². The SMILES string of the molecule is COc1cc(C=Cc2ccc3ccccc3n2)c(F)c(OC)c1C(C)C. The van der Waals surface area contributed by atoms with Crippen LogP contribution in [0.15, 0.2) is 42.5 Å². The van der Waals surface area contributed by atoms with Crippen LogP contribution in [0.2, 0.25) is 0 Å². The molecule has 0 N–H and O–H groups in total. The largest absolute Gasteiger partial charge is 0.496 e. The van der Waals surface area contributed by atoms with Crippen molar-refractivity contribution in [1.82, 2.24) is 4.98 Å². The van der Waals surface area contributed by atoms with Gasteiger partial charge in [0.2, 0.25) is 0 Å². The van der Waals surface area contributed by atoms with Crippen molar-refractivity contribution in [3.05, 3.63) is 65.1 Å². The fraction of sp³-hybridized carbons (Fsp3) is 0.227. The minimum atomic E-state index is -0.394. The third kappa shape index (κ3) is 3.40. The topological polar surface area (TPSA) is 31.4 Å². The summed E-state index contributed by atoms with van der Waals surface area (Å²) in [6.45, 7) is 3.96. The highest BCUT2D eigenvalue weighted by atomic mass is 19.1. The van der Waals surface area contributed by atoms with Gasteiger partial charge < -0.3 is 9.47 Å². The molecule has 0 bridgehead atoms. The van der Waals surface area contributed by atoms with Crippen LogP contribution in [-0.4, -0.2) is 19.2 Å². The lowest BCUT2D eigenvalue weighted by Crippen LogP contribution is -2.03. The summed E-state index contributed by atoms with van der Waals surface area (Å²) < 4.78 is 25.7. The van der Waals surface area contributed by atoms with Gasteiger partial charge in [0, 0.05) is 16.5 Å². The van der Waals surface area contributed by atoms with Crippen LogP contribution in [0.5, 0.6) is 11.5 Å².